The van der Waals surface area contributed by atoms with Crippen LogP contribution in [0.15, 0.2) is 30.5 Å². The fourth-order valence-corrected chi connectivity index (χ4v) is 1.44. The Kier molecular flexibility index (Phi) is 4.29. The van der Waals surface area contributed by atoms with Gasteiger partial charge in [-0.15, -0.1) is 0 Å². The van der Waals surface area contributed by atoms with E-state index in [0.717, 1.165) is 0 Å². The van der Waals surface area contributed by atoms with Gasteiger partial charge in [0.05, 0.1) is 18.2 Å². The second kappa shape index (κ2) is 5.30. The van der Waals surface area contributed by atoms with Crippen molar-refractivity contribution in [1.82, 2.24) is 4.98 Å². The molecule has 1 aromatic carbocycles. The van der Waals surface area contributed by atoms with Gasteiger partial charge in [0.15, 0.2) is 0 Å². The molecule has 0 aliphatic rings. The maximum atomic E-state index is 10.9. The Hall–Kier alpha value is -1.10. The third-order valence-electron chi connectivity index (χ3n) is 2.18. The van der Waals surface area contributed by atoms with E-state index >= 15 is 0 Å². The first-order valence-corrected chi connectivity index (χ1v) is 4.38. The second-order valence-corrected chi connectivity index (χ2v) is 3.05. The molecule has 0 fully saturated rings. The van der Waals surface area contributed by atoms with Crippen LogP contribution in [0.3, 0.4) is 0 Å². The average Bonchev–Trinajstić information content (AvgIpc) is 2.27. The predicted molar refractivity (Wildman–Crippen MR) is 62.4 cm³/mol. The Labute approximate surface area is 115 Å². The number of rotatable bonds is 2. The van der Waals surface area contributed by atoms with Gasteiger partial charge in [0, 0.05) is 11.6 Å². The van der Waals surface area contributed by atoms with Crippen LogP contribution in [0.5, 0.6) is 5.75 Å². The molecule has 1 heterocycles. The topological polar surface area (TPSA) is 59.4 Å². The minimum atomic E-state index is -0.962. The Morgan fingerprint density at radius 2 is 2.12 bits per heavy atom. The van der Waals surface area contributed by atoms with Crippen LogP contribution < -0.4 is 4.74 Å². The van der Waals surface area contributed by atoms with Crippen molar-refractivity contribution in [2.24, 2.45) is 0 Å². The van der Waals surface area contributed by atoms with Crippen molar-refractivity contribution in [2.45, 2.75) is 0 Å². The number of benzene rings is 1. The van der Waals surface area contributed by atoms with Gasteiger partial charge in [-0.25, -0.2) is 4.79 Å². The van der Waals surface area contributed by atoms with Crippen molar-refractivity contribution < 1.29 is 14.6 Å². The first kappa shape index (κ1) is 13.0. The van der Waals surface area contributed by atoms with Gasteiger partial charge in [0.25, 0.3) is 0 Å². The third-order valence-corrected chi connectivity index (χ3v) is 2.18. The van der Waals surface area contributed by atoms with Crippen LogP contribution in [0.1, 0.15) is 10.4 Å². The van der Waals surface area contributed by atoms with Gasteiger partial charge in [-0.1, -0.05) is 0 Å². The number of aromatic nitrogens is 1. The van der Waals surface area contributed by atoms with Gasteiger partial charge >= 0.3 is 35.5 Å². The molecule has 0 amide bonds. The molecule has 5 heteroatoms. The van der Waals surface area contributed by atoms with Crippen molar-refractivity contribution in [2.75, 3.05) is 7.11 Å². The number of carbonyl (C=O) groups is 1. The fraction of sp³-hybridized carbons (Fsp3) is 0.0909. The summed E-state index contributed by atoms with van der Waals surface area (Å²) in [5.74, 6) is -0.339. The van der Waals surface area contributed by atoms with Crippen LogP contribution in [0.2, 0.25) is 0 Å². The molecule has 0 saturated heterocycles. The molecule has 2 aromatic rings. The zero-order chi connectivity index (χ0) is 10.8. The van der Waals surface area contributed by atoms with E-state index in [0.29, 0.717) is 16.7 Å². The van der Waals surface area contributed by atoms with Crippen LogP contribution >= 0.6 is 0 Å². The molecule has 0 unspecified atom stereocenters. The average molecular weight is 227 g/mol. The number of aromatic carboxylic acids is 1. The summed E-state index contributed by atoms with van der Waals surface area (Å²) in [6.07, 6.45) is 1.48. The summed E-state index contributed by atoms with van der Waals surface area (Å²) in [5.41, 5.74) is 0.884. The van der Waals surface area contributed by atoms with Crippen molar-refractivity contribution in [3.63, 3.8) is 0 Å². The Morgan fingerprint density at radius 3 is 2.75 bits per heavy atom. The standard InChI is InChI=1S/C11H9NO3.Na.H/c1-15-7-2-3-10-9(6-7)8(11(13)14)4-5-12-10;;/h2-6H,1H3,(H,13,14);;. The van der Waals surface area contributed by atoms with Gasteiger partial charge in [-0.3, -0.25) is 4.98 Å². The van der Waals surface area contributed by atoms with E-state index < -0.39 is 5.97 Å². The van der Waals surface area contributed by atoms with Gasteiger partial charge in [-0.2, -0.15) is 0 Å². The summed E-state index contributed by atoms with van der Waals surface area (Å²) in [6, 6.07) is 6.64. The summed E-state index contributed by atoms with van der Waals surface area (Å²) in [6.45, 7) is 0. The van der Waals surface area contributed by atoms with Crippen molar-refractivity contribution in [1.29, 1.82) is 0 Å². The van der Waals surface area contributed by atoms with E-state index in [-0.39, 0.29) is 35.1 Å². The molecule has 2 rings (SSSR count). The van der Waals surface area contributed by atoms with Crippen LogP contribution in [0.25, 0.3) is 10.9 Å². The Balaban J connectivity index is 0.00000128. The van der Waals surface area contributed by atoms with E-state index in [1.165, 1.54) is 19.4 Å². The molecular weight excluding hydrogens is 217 g/mol. The molecule has 0 aliphatic carbocycles. The number of carboxylic acid groups (broad SMARTS) is 1. The number of pyridine rings is 1. The number of carboxylic acids is 1. The molecule has 0 radical (unpaired) electrons. The third kappa shape index (κ3) is 2.35. The first-order chi connectivity index (χ1) is 7.22. The number of ether oxygens (including phenoxy) is 1. The van der Waals surface area contributed by atoms with Crippen LogP contribution in [-0.2, 0) is 0 Å². The fourth-order valence-electron chi connectivity index (χ4n) is 1.44. The van der Waals surface area contributed by atoms with Crippen molar-refractivity contribution in [3.8, 4) is 5.75 Å². The zero-order valence-electron chi connectivity index (χ0n) is 8.10. The Bertz CT molecular complexity index is 528. The first-order valence-electron chi connectivity index (χ1n) is 4.38. The van der Waals surface area contributed by atoms with E-state index in [1.807, 2.05) is 0 Å². The summed E-state index contributed by atoms with van der Waals surface area (Å²) >= 11 is 0. The summed E-state index contributed by atoms with van der Waals surface area (Å²) < 4.78 is 5.04. The molecule has 0 aliphatic heterocycles. The molecule has 16 heavy (non-hydrogen) atoms. The van der Waals surface area contributed by atoms with Crippen molar-refractivity contribution in [3.05, 3.63) is 36.0 Å². The number of fused-ring (bicyclic) bond motifs is 1. The molecule has 1 aromatic heterocycles. The van der Waals surface area contributed by atoms with E-state index in [1.54, 1.807) is 18.2 Å². The molecule has 4 nitrogen and oxygen atoms in total. The van der Waals surface area contributed by atoms with Gasteiger partial charge in [0.2, 0.25) is 0 Å². The second-order valence-electron chi connectivity index (χ2n) is 3.05. The van der Waals surface area contributed by atoms with E-state index in [9.17, 15) is 4.79 Å². The van der Waals surface area contributed by atoms with E-state index in [2.05, 4.69) is 4.98 Å². The normalized spacial score (nSPS) is 9.56. The van der Waals surface area contributed by atoms with E-state index in [4.69, 9.17) is 9.84 Å². The SMILES string of the molecule is COc1ccc2nccc(C(=O)O)c2c1.[NaH]. The zero-order valence-corrected chi connectivity index (χ0v) is 8.10. The Morgan fingerprint density at radius 1 is 1.38 bits per heavy atom. The quantitative estimate of drug-likeness (QED) is 0.785. The molecular formula is C11H10NNaO3. The summed E-state index contributed by atoms with van der Waals surface area (Å²) in [7, 11) is 1.54. The summed E-state index contributed by atoms with van der Waals surface area (Å²) in [5, 5.41) is 9.57. The molecule has 1 N–H and O–H groups in total. The number of hydrogen-bond donors (Lipinski definition) is 1. The minimum absolute atomic E-state index is 0. The molecule has 0 atom stereocenters. The summed E-state index contributed by atoms with van der Waals surface area (Å²) in [4.78, 5) is 15.0. The molecule has 0 saturated carbocycles. The number of nitrogens with zero attached hydrogens (tertiary/aromatic N) is 1. The molecule has 78 valence electrons. The van der Waals surface area contributed by atoms with Crippen LogP contribution in [-0.4, -0.2) is 52.7 Å². The monoisotopic (exact) mass is 227 g/mol. The van der Waals surface area contributed by atoms with Gasteiger partial charge < -0.3 is 9.84 Å². The maximum absolute atomic E-state index is 10.9. The van der Waals surface area contributed by atoms with Crippen LogP contribution in [0.4, 0.5) is 0 Å². The van der Waals surface area contributed by atoms with Crippen LogP contribution in [0, 0.1) is 0 Å². The number of methoxy groups -OCH3 is 1. The molecule has 0 bridgehead atoms. The van der Waals surface area contributed by atoms with Gasteiger partial charge in [0.1, 0.15) is 5.75 Å². The predicted octanol–water partition coefficient (Wildman–Crippen LogP) is 1.29. The van der Waals surface area contributed by atoms with Gasteiger partial charge in [-0.05, 0) is 24.3 Å². The number of hydrogen-bond acceptors (Lipinski definition) is 3. The molecule has 0 spiro atoms. The van der Waals surface area contributed by atoms with Crippen molar-refractivity contribution >= 4 is 46.4 Å².